The van der Waals surface area contributed by atoms with Crippen molar-refractivity contribution in [3.8, 4) is 5.75 Å². The Morgan fingerprint density at radius 2 is 1.66 bits per heavy atom. The molecule has 0 aliphatic rings. The van der Waals surface area contributed by atoms with Crippen molar-refractivity contribution in [2.24, 2.45) is 0 Å². The van der Waals surface area contributed by atoms with E-state index in [1.54, 1.807) is 31.2 Å². The third-order valence-electron chi connectivity index (χ3n) is 4.67. The average molecular weight is 419 g/mol. The molecule has 0 bridgehead atoms. The molecule has 0 aliphatic heterocycles. The van der Waals surface area contributed by atoms with Crippen molar-refractivity contribution in [3.63, 3.8) is 0 Å². The number of amides is 1. The van der Waals surface area contributed by atoms with E-state index in [1.807, 2.05) is 45.0 Å². The molecule has 6 nitrogen and oxygen atoms in total. The zero-order chi connectivity index (χ0) is 21.6. The summed E-state index contributed by atoms with van der Waals surface area (Å²) in [5, 5.41) is 2.95. The van der Waals surface area contributed by atoms with Crippen LogP contribution in [0, 0.1) is 6.92 Å². The number of ether oxygens (including phenoxy) is 1. The molecule has 7 heteroatoms. The normalized spacial score (nSPS) is 13.4. The van der Waals surface area contributed by atoms with E-state index in [4.69, 9.17) is 4.74 Å². The second-order valence-electron chi connectivity index (χ2n) is 7.05. The molecule has 0 heterocycles. The van der Waals surface area contributed by atoms with Crippen LogP contribution in [-0.2, 0) is 14.8 Å². The van der Waals surface area contributed by atoms with Crippen molar-refractivity contribution in [1.29, 1.82) is 0 Å². The van der Waals surface area contributed by atoms with Gasteiger partial charge in [-0.15, -0.1) is 0 Å². The first-order valence-electron chi connectivity index (χ1n) is 9.76. The van der Waals surface area contributed by atoms with Crippen LogP contribution in [0.4, 0.5) is 5.69 Å². The topological polar surface area (TPSA) is 75.7 Å². The van der Waals surface area contributed by atoms with Gasteiger partial charge in [0.25, 0.3) is 0 Å². The minimum Gasteiger partial charge on any atom is -0.494 e. The second-order valence-corrected chi connectivity index (χ2v) is 8.91. The van der Waals surface area contributed by atoms with Crippen molar-refractivity contribution >= 4 is 21.6 Å². The number of carbonyl (C=O) groups excluding carboxylic acids is 1. The summed E-state index contributed by atoms with van der Waals surface area (Å²) < 4.78 is 31.7. The van der Waals surface area contributed by atoms with Gasteiger partial charge < -0.3 is 10.1 Å². The zero-order valence-electron chi connectivity index (χ0n) is 17.7. The smallest absolute Gasteiger partial charge is 0.244 e. The number of hydrogen-bond acceptors (Lipinski definition) is 4. The summed E-state index contributed by atoms with van der Waals surface area (Å²) >= 11 is 0. The number of anilines is 1. The third-order valence-corrected chi connectivity index (χ3v) is 5.85. The summed E-state index contributed by atoms with van der Waals surface area (Å²) in [6.07, 6.45) is 1.45. The van der Waals surface area contributed by atoms with Gasteiger partial charge in [-0.3, -0.25) is 9.10 Å². The highest BCUT2D eigenvalue weighted by Crippen LogP contribution is 2.26. The van der Waals surface area contributed by atoms with E-state index in [0.717, 1.165) is 17.4 Å². The van der Waals surface area contributed by atoms with Gasteiger partial charge in [0, 0.05) is 0 Å². The predicted molar refractivity (Wildman–Crippen MR) is 117 cm³/mol. The molecule has 1 N–H and O–H groups in total. The molecule has 0 saturated heterocycles. The van der Waals surface area contributed by atoms with Crippen LogP contribution in [0.5, 0.6) is 5.75 Å². The Hall–Kier alpha value is -2.54. The predicted octanol–water partition coefficient (Wildman–Crippen LogP) is 3.82. The Kier molecular flexibility index (Phi) is 7.67. The summed E-state index contributed by atoms with van der Waals surface area (Å²) in [5.41, 5.74) is 2.53. The molecule has 158 valence electrons. The van der Waals surface area contributed by atoms with Gasteiger partial charge in [-0.05, 0) is 57.0 Å². The zero-order valence-corrected chi connectivity index (χ0v) is 18.5. The summed E-state index contributed by atoms with van der Waals surface area (Å²) in [6.45, 7) is 8.08. The first-order chi connectivity index (χ1) is 13.7. The first-order valence-corrected chi connectivity index (χ1v) is 11.6. The van der Waals surface area contributed by atoms with E-state index in [2.05, 4.69) is 5.32 Å². The van der Waals surface area contributed by atoms with Crippen molar-refractivity contribution in [1.82, 2.24) is 5.32 Å². The molecule has 0 fully saturated rings. The average Bonchev–Trinajstić information content (AvgIpc) is 2.66. The number of nitrogens with zero attached hydrogens (tertiary/aromatic N) is 1. The maximum atomic E-state index is 13.0. The Morgan fingerprint density at radius 3 is 2.14 bits per heavy atom. The van der Waals surface area contributed by atoms with Crippen LogP contribution in [0.3, 0.4) is 0 Å². The lowest BCUT2D eigenvalue weighted by Gasteiger charge is -2.31. The monoisotopic (exact) mass is 418 g/mol. The van der Waals surface area contributed by atoms with Gasteiger partial charge in [0.1, 0.15) is 11.8 Å². The van der Waals surface area contributed by atoms with Crippen molar-refractivity contribution in [3.05, 3.63) is 59.7 Å². The summed E-state index contributed by atoms with van der Waals surface area (Å²) in [4.78, 5) is 13.0. The fourth-order valence-electron chi connectivity index (χ4n) is 3.16. The van der Waals surface area contributed by atoms with E-state index >= 15 is 0 Å². The van der Waals surface area contributed by atoms with Gasteiger partial charge in [-0.25, -0.2) is 8.42 Å². The minimum absolute atomic E-state index is 0.237. The number of carbonyl (C=O) groups is 1. The summed E-state index contributed by atoms with van der Waals surface area (Å²) in [5.74, 6) is 0.315. The minimum atomic E-state index is -3.67. The van der Waals surface area contributed by atoms with Crippen LogP contribution >= 0.6 is 0 Å². The lowest BCUT2D eigenvalue weighted by molar-refractivity contribution is -0.122. The molecule has 2 aromatic rings. The molecule has 0 spiro atoms. The summed E-state index contributed by atoms with van der Waals surface area (Å²) in [6, 6.07) is 13.5. The molecule has 29 heavy (non-hydrogen) atoms. The Morgan fingerprint density at radius 1 is 1.07 bits per heavy atom. The van der Waals surface area contributed by atoms with Gasteiger partial charge >= 0.3 is 0 Å². The fraction of sp³-hybridized carbons (Fsp3) is 0.409. The molecule has 0 aromatic heterocycles. The van der Waals surface area contributed by atoms with E-state index in [0.29, 0.717) is 24.5 Å². The summed E-state index contributed by atoms with van der Waals surface area (Å²) in [7, 11) is -3.67. The van der Waals surface area contributed by atoms with Gasteiger partial charge in [0.15, 0.2) is 0 Å². The van der Waals surface area contributed by atoms with Crippen LogP contribution in [-0.4, -0.2) is 33.2 Å². The molecule has 2 aromatic carbocycles. The maximum Gasteiger partial charge on any atom is 0.244 e. The van der Waals surface area contributed by atoms with Gasteiger partial charge in [0.05, 0.1) is 24.6 Å². The van der Waals surface area contributed by atoms with Gasteiger partial charge in [0.2, 0.25) is 15.9 Å². The Bertz CT molecular complexity index is 909. The SMILES string of the molecule is CCOc1ccc(N(C(CC)C(=O)NC(C)c2ccc(C)cc2)S(C)(=O)=O)cc1. The highest BCUT2D eigenvalue weighted by molar-refractivity contribution is 7.92. The highest BCUT2D eigenvalue weighted by Gasteiger charge is 2.32. The van der Waals surface area contributed by atoms with Crippen LogP contribution in [0.25, 0.3) is 0 Å². The van der Waals surface area contributed by atoms with E-state index in [-0.39, 0.29) is 11.9 Å². The maximum absolute atomic E-state index is 13.0. The lowest BCUT2D eigenvalue weighted by atomic mass is 10.1. The van der Waals surface area contributed by atoms with Gasteiger partial charge in [-0.2, -0.15) is 0 Å². The van der Waals surface area contributed by atoms with Crippen molar-refractivity contribution in [2.45, 2.75) is 46.2 Å². The molecule has 0 saturated carbocycles. The number of aryl methyl sites for hydroxylation is 1. The van der Waals surface area contributed by atoms with E-state index in [1.165, 1.54) is 4.31 Å². The first kappa shape index (κ1) is 22.7. The van der Waals surface area contributed by atoms with Crippen molar-refractivity contribution in [2.75, 3.05) is 17.2 Å². The molecular weight excluding hydrogens is 388 g/mol. The van der Waals surface area contributed by atoms with Crippen LogP contribution in [0.15, 0.2) is 48.5 Å². The van der Waals surface area contributed by atoms with Crippen LogP contribution in [0.2, 0.25) is 0 Å². The quantitative estimate of drug-likeness (QED) is 0.672. The number of benzene rings is 2. The molecule has 1 amide bonds. The number of nitrogens with one attached hydrogen (secondary N) is 1. The second kappa shape index (κ2) is 9.78. The lowest BCUT2D eigenvalue weighted by Crippen LogP contribution is -2.49. The van der Waals surface area contributed by atoms with Crippen LogP contribution in [0.1, 0.15) is 44.4 Å². The largest absolute Gasteiger partial charge is 0.494 e. The molecular formula is C22H30N2O4S. The molecule has 0 radical (unpaired) electrons. The molecule has 2 atom stereocenters. The molecule has 0 aliphatic carbocycles. The Labute approximate surface area is 173 Å². The van der Waals surface area contributed by atoms with E-state index in [9.17, 15) is 13.2 Å². The van der Waals surface area contributed by atoms with E-state index < -0.39 is 16.1 Å². The fourth-order valence-corrected chi connectivity index (χ4v) is 4.38. The third kappa shape index (κ3) is 5.97. The number of hydrogen-bond donors (Lipinski definition) is 1. The number of rotatable bonds is 9. The Balaban J connectivity index is 2.27. The molecule has 2 rings (SSSR count). The number of sulfonamides is 1. The van der Waals surface area contributed by atoms with Crippen LogP contribution < -0.4 is 14.4 Å². The highest BCUT2D eigenvalue weighted by atomic mass is 32.2. The van der Waals surface area contributed by atoms with Gasteiger partial charge in [-0.1, -0.05) is 36.8 Å². The standard InChI is InChI=1S/C22H30N2O4S/c1-6-21(22(25)23-17(4)18-10-8-16(3)9-11-18)24(29(5,26)27)19-12-14-20(15-13-19)28-7-2/h8-15,17,21H,6-7H2,1-5H3,(H,23,25). The molecule has 2 unspecified atom stereocenters. The van der Waals surface area contributed by atoms with Crippen molar-refractivity contribution < 1.29 is 17.9 Å².